The van der Waals surface area contributed by atoms with E-state index in [4.69, 9.17) is 11.6 Å². The molecule has 0 radical (unpaired) electrons. The smallest absolute Gasteiger partial charge is 0.257 e. The molecule has 0 atom stereocenters. The van der Waals surface area contributed by atoms with Gasteiger partial charge in [0.05, 0.1) is 5.69 Å². The topological polar surface area (TPSA) is 42.0 Å². The number of benzene rings is 2. The normalized spacial score (nSPS) is 10.6. The molecule has 3 nitrogen and oxygen atoms in total. The van der Waals surface area contributed by atoms with E-state index in [1.165, 1.54) is 11.3 Å². The molecule has 2 aromatic carbocycles. The van der Waals surface area contributed by atoms with Crippen molar-refractivity contribution in [3.05, 3.63) is 79.7 Å². The molecular weight excluding hydrogens is 408 g/mol. The lowest BCUT2D eigenvalue weighted by Gasteiger charge is -2.01. The molecule has 1 heterocycles. The minimum atomic E-state index is -0.162. The standard InChI is InChI=1S/C18H14BrClN2OS/c1-11-16(10-12-3-2-4-15(20)9-12)24-18(21-11)22-17(23)13-5-7-14(19)8-6-13/h2-9H,10H2,1H3,(H,21,22,23). The highest BCUT2D eigenvalue weighted by molar-refractivity contribution is 9.10. The van der Waals surface area contributed by atoms with E-state index in [2.05, 4.69) is 26.2 Å². The van der Waals surface area contributed by atoms with Gasteiger partial charge in [-0.15, -0.1) is 11.3 Å². The van der Waals surface area contributed by atoms with Crippen molar-refractivity contribution in [2.24, 2.45) is 0 Å². The fraction of sp³-hybridized carbons (Fsp3) is 0.111. The van der Waals surface area contributed by atoms with Crippen LogP contribution in [0.4, 0.5) is 5.13 Å². The second-order valence-electron chi connectivity index (χ2n) is 5.30. The number of rotatable bonds is 4. The number of anilines is 1. The first-order valence-electron chi connectivity index (χ1n) is 7.29. The van der Waals surface area contributed by atoms with Crippen LogP contribution >= 0.6 is 38.9 Å². The SMILES string of the molecule is Cc1nc(NC(=O)c2ccc(Br)cc2)sc1Cc1cccc(Cl)c1. The summed E-state index contributed by atoms with van der Waals surface area (Å²) in [6.07, 6.45) is 0.748. The molecule has 0 bridgehead atoms. The summed E-state index contributed by atoms with van der Waals surface area (Å²) in [6.45, 7) is 1.95. The molecule has 0 saturated heterocycles. The number of hydrogen-bond donors (Lipinski definition) is 1. The number of carbonyl (C=O) groups excluding carboxylic acids is 1. The molecule has 0 saturated carbocycles. The Balaban J connectivity index is 1.74. The minimum Gasteiger partial charge on any atom is -0.298 e. The zero-order chi connectivity index (χ0) is 17.1. The number of aryl methyl sites for hydroxylation is 1. The van der Waals surface area contributed by atoms with Crippen LogP contribution in [0.1, 0.15) is 26.5 Å². The van der Waals surface area contributed by atoms with Crippen LogP contribution in [0, 0.1) is 6.92 Å². The molecule has 1 amide bonds. The van der Waals surface area contributed by atoms with Crippen molar-refractivity contribution in [2.45, 2.75) is 13.3 Å². The first-order valence-corrected chi connectivity index (χ1v) is 9.27. The summed E-state index contributed by atoms with van der Waals surface area (Å²) in [5.74, 6) is -0.162. The maximum absolute atomic E-state index is 12.3. The second kappa shape index (κ2) is 7.47. The largest absolute Gasteiger partial charge is 0.298 e. The molecule has 3 rings (SSSR count). The van der Waals surface area contributed by atoms with E-state index in [0.717, 1.165) is 32.1 Å². The van der Waals surface area contributed by atoms with Gasteiger partial charge >= 0.3 is 0 Å². The Hall–Kier alpha value is -1.69. The van der Waals surface area contributed by atoms with E-state index >= 15 is 0 Å². The minimum absolute atomic E-state index is 0.162. The third kappa shape index (κ3) is 4.23. The Bertz CT molecular complexity index is 877. The molecule has 6 heteroatoms. The zero-order valence-electron chi connectivity index (χ0n) is 12.8. The van der Waals surface area contributed by atoms with Crippen LogP contribution in [0.2, 0.25) is 5.02 Å². The quantitative estimate of drug-likeness (QED) is 0.586. The number of halogens is 2. The van der Waals surface area contributed by atoms with Gasteiger partial charge in [-0.2, -0.15) is 0 Å². The molecule has 0 aliphatic heterocycles. The predicted octanol–water partition coefficient (Wildman–Crippen LogP) is 5.71. The maximum atomic E-state index is 12.3. The summed E-state index contributed by atoms with van der Waals surface area (Å²) in [6, 6.07) is 15.0. The highest BCUT2D eigenvalue weighted by atomic mass is 79.9. The van der Waals surface area contributed by atoms with Gasteiger partial charge in [0.15, 0.2) is 5.13 Å². The van der Waals surface area contributed by atoms with Crippen molar-refractivity contribution in [2.75, 3.05) is 5.32 Å². The van der Waals surface area contributed by atoms with Crippen LogP contribution in [0.3, 0.4) is 0 Å². The van der Waals surface area contributed by atoms with Crippen LogP contribution < -0.4 is 5.32 Å². The first kappa shape index (κ1) is 17.1. The predicted molar refractivity (Wildman–Crippen MR) is 103 cm³/mol. The van der Waals surface area contributed by atoms with E-state index in [1.54, 1.807) is 12.1 Å². The van der Waals surface area contributed by atoms with Crippen LogP contribution in [0.5, 0.6) is 0 Å². The van der Waals surface area contributed by atoms with E-state index in [-0.39, 0.29) is 5.91 Å². The summed E-state index contributed by atoms with van der Waals surface area (Å²) in [5, 5.41) is 4.19. The molecule has 3 aromatic rings. The van der Waals surface area contributed by atoms with Crippen molar-refractivity contribution in [3.63, 3.8) is 0 Å². The molecule has 1 aromatic heterocycles. The van der Waals surface area contributed by atoms with E-state index in [1.807, 2.05) is 43.3 Å². The summed E-state index contributed by atoms with van der Waals surface area (Å²) in [4.78, 5) is 17.8. The average molecular weight is 422 g/mol. The highest BCUT2D eigenvalue weighted by Gasteiger charge is 2.12. The number of nitrogens with one attached hydrogen (secondary N) is 1. The number of amides is 1. The number of hydrogen-bond acceptors (Lipinski definition) is 3. The highest BCUT2D eigenvalue weighted by Crippen LogP contribution is 2.26. The Kier molecular flexibility index (Phi) is 5.33. The van der Waals surface area contributed by atoms with Crippen molar-refractivity contribution in [3.8, 4) is 0 Å². The maximum Gasteiger partial charge on any atom is 0.257 e. The average Bonchev–Trinajstić information content (AvgIpc) is 2.87. The summed E-state index contributed by atoms with van der Waals surface area (Å²) in [5.41, 5.74) is 2.65. The third-order valence-electron chi connectivity index (χ3n) is 3.47. The van der Waals surface area contributed by atoms with Crippen molar-refractivity contribution in [1.29, 1.82) is 0 Å². The Morgan fingerprint density at radius 1 is 1.25 bits per heavy atom. The monoisotopic (exact) mass is 420 g/mol. The molecule has 0 spiro atoms. The Morgan fingerprint density at radius 2 is 2.00 bits per heavy atom. The fourth-order valence-electron chi connectivity index (χ4n) is 2.25. The summed E-state index contributed by atoms with van der Waals surface area (Å²) in [7, 11) is 0. The summed E-state index contributed by atoms with van der Waals surface area (Å²) < 4.78 is 0.938. The molecule has 1 N–H and O–H groups in total. The van der Waals surface area contributed by atoms with Crippen LogP contribution in [0.25, 0.3) is 0 Å². The van der Waals surface area contributed by atoms with Gasteiger partial charge in [0.25, 0.3) is 5.91 Å². The molecule has 0 aliphatic carbocycles. The first-order chi connectivity index (χ1) is 11.5. The van der Waals surface area contributed by atoms with Crippen molar-refractivity contribution < 1.29 is 4.79 Å². The Labute approximate surface area is 157 Å². The second-order valence-corrected chi connectivity index (χ2v) is 7.73. The van der Waals surface area contributed by atoms with Gasteiger partial charge in [-0.25, -0.2) is 4.98 Å². The van der Waals surface area contributed by atoms with Crippen LogP contribution in [-0.2, 0) is 6.42 Å². The van der Waals surface area contributed by atoms with Gasteiger partial charge in [-0.1, -0.05) is 39.7 Å². The lowest BCUT2D eigenvalue weighted by atomic mass is 10.1. The van der Waals surface area contributed by atoms with Crippen LogP contribution in [0.15, 0.2) is 53.0 Å². The number of thiazole rings is 1. The van der Waals surface area contributed by atoms with Gasteiger partial charge in [0.1, 0.15) is 0 Å². The van der Waals surface area contributed by atoms with E-state index in [9.17, 15) is 4.79 Å². The molecule has 0 aliphatic rings. The zero-order valence-corrected chi connectivity index (χ0v) is 16.0. The molecule has 24 heavy (non-hydrogen) atoms. The van der Waals surface area contributed by atoms with Crippen LogP contribution in [-0.4, -0.2) is 10.9 Å². The number of aromatic nitrogens is 1. The van der Waals surface area contributed by atoms with Gasteiger partial charge < -0.3 is 0 Å². The number of carbonyl (C=O) groups is 1. The van der Waals surface area contributed by atoms with Crippen molar-refractivity contribution >= 4 is 49.9 Å². The summed E-state index contributed by atoms with van der Waals surface area (Å²) >= 11 is 10.9. The molecule has 0 unspecified atom stereocenters. The van der Waals surface area contributed by atoms with Gasteiger partial charge in [-0.05, 0) is 48.9 Å². The molecule has 0 fully saturated rings. The van der Waals surface area contributed by atoms with Gasteiger partial charge in [0.2, 0.25) is 0 Å². The molecule has 122 valence electrons. The fourth-order valence-corrected chi connectivity index (χ4v) is 3.72. The third-order valence-corrected chi connectivity index (χ3v) is 5.31. The molecular formula is C18H14BrClN2OS. The van der Waals surface area contributed by atoms with Gasteiger partial charge in [0, 0.05) is 26.4 Å². The van der Waals surface area contributed by atoms with E-state index < -0.39 is 0 Å². The van der Waals surface area contributed by atoms with Gasteiger partial charge in [-0.3, -0.25) is 10.1 Å². The lowest BCUT2D eigenvalue weighted by Crippen LogP contribution is -2.11. The van der Waals surface area contributed by atoms with Crippen molar-refractivity contribution in [1.82, 2.24) is 4.98 Å². The Morgan fingerprint density at radius 3 is 2.71 bits per heavy atom. The lowest BCUT2D eigenvalue weighted by molar-refractivity contribution is 0.102. The number of nitrogens with zero attached hydrogens (tertiary/aromatic N) is 1. The van der Waals surface area contributed by atoms with E-state index in [0.29, 0.717) is 10.7 Å².